The van der Waals surface area contributed by atoms with Crippen LogP contribution in [0.25, 0.3) is 0 Å². The van der Waals surface area contributed by atoms with Crippen LogP contribution >= 0.6 is 11.8 Å². The summed E-state index contributed by atoms with van der Waals surface area (Å²) in [4.78, 5) is 1.19. The van der Waals surface area contributed by atoms with Gasteiger partial charge < -0.3 is 9.84 Å². The van der Waals surface area contributed by atoms with E-state index in [1.807, 2.05) is 36.0 Å². The van der Waals surface area contributed by atoms with Crippen molar-refractivity contribution in [1.82, 2.24) is 0 Å². The van der Waals surface area contributed by atoms with Gasteiger partial charge in [-0.1, -0.05) is 31.3 Å². The standard InChI is InChI=1S/C16H20O2SSi/c1-18-15-6-4-5-7-16(15)20(2,3)12-19-14-10-8-13(17)9-11-14/h4-11,17H,12H2,1-3H3. The third-order valence-electron chi connectivity index (χ3n) is 3.27. The summed E-state index contributed by atoms with van der Waals surface area (Å²) in [6, 6.07) is 15.7. The monoisotopic (exact) mass is 304 g/mol. The van der Waals surface area contributed by atoms with E-state index in [0.717, 1.165) is 11.1 Å². The van der Waals surface area contributed by atoms with Crippen LogP contribution < -0.4 is 9.92 Å². The Bertz CT molecular complexity index is 567. The van der Waals surface area contributed by atoms with Crippen LogP contribution in [0.3, 0.4) is 0 Å². The van der Waals surface area contributed by atoms with Crippen LogP contribution in [0, 0.1) is 0 Å². The summed E-state index contributed by atoms with van der Waals surface area (Å²) in [5, 5.41) is 11.8. The van der Waals surface area contributed by atoms with Gasteiger partial charge in [0, 0.05) is 4.90 Å². The fraction of sp³-hybridized carbons (Fsp3) is 0.250. The highest BCUT2D eigenvalue weighted by molar-refractivity contribution is 8.01. The summed E-state index contributed by atoms with van der Waals surface area (Å²) < 4.78 is 5.49. The lowest BCUT2D eigenvalue weighted by molar-refractivity contribution is 0.418. The molecule has 2 rings (SSSR count). The predicted molar refractivity (Wildman–Crippen MR) is 88.9 cm³/mol. The van der Waals surface area contributed by atoms with Crippen LogP contribution in [0.2, 0.25) is 13.1 Å². The van der Waals surface area contributed by atoms with Gasteiger partial charge in [0.15, 0.2) is 0 Å². The molecule has 0 unspecified atom stereocenters. The maximum absolute atomic E-state index is 9.31. The van der Waals surface area contributed by atoms with Crippen molar-refractivity contribution < 1.29 is 9.84 Å². The van der Waals surface area contributed by atoms with Crippen LogP contribution in [0.4, 0.5) is 0 Å². The van der Waals surface area contributed by atoms with Gasteiger partial charge >= 0.3 is 0 Å². The summed E-state index contributed by atoms with van der Waals surface area (Å²) in [7, 11) is 0.167. The van der Waals surface area contributed by atoms with Gasteiger partial charge in [-0.15, -0.1) is 11.8 Å². The van der Waals surface area contributed by atoms with Crippen molar-refractivity contribution in [3.05, 3.63) is 48.5 Å². The van der Waals surface area contributed by atoms with Crippen LogP contribution in [0.5, 0.6) is 11.5 Å². The number of ether oxygens (including phenoxy) is 1. The zero-order valence-electron chi connectivity index (χ0n) is 12.1. The Morgan fingerprint density at radius 3 is 2.35 bits per heavy atom. The molecule has 106 valence electrons. The maximum Gasteiger partial charge on any atom is 0.118 e. The average molecular weight is 304 g/mol. The van der Waals surface area contributed by atoms with Crippen molar-refractivity contribution >= 4 is 25.0 Å². The van der Waals surface area contributed by atoms with Gasteiger partial charge in [0.2, 0.25) is 0 Å². The molecule has 2 aromatic carbocycles. The van der Waals surface area contributed by atoms with Gasteiger partial charge in [-0.2, -0.15) is 0 Å². The third-order valence-corrected chi connectivity index (χ3v) is 9.21. The molecular formula is C16H20O2SSi. The summed E-state index contributed by atoms with van der Waals surface area (Å²) in [6.45, 7) is 4.72. The molecule has 0 heterocycles. The summed E-state index contributed by atoms with van der Waals surface area (Å²) in [5.74, 6) is 1.31. The fourth-order valence-electron chi connectivity index (χ4n) is 2.09. The molecule has 0 saturated heterocycles. The normalized spacial score (nSPS) is 11.3. The van der Waals surface area contributed by atoms with Gasteiger partial charge in [0.25, 0.3) is 0 Å². The second kappa shape index (κ2) is 6.37. The average Bonchev–Trinajstić information content (AvgIpc) is 2.46. The van der Waals surface area contributed by atoms with E-state index in [0.29, 0.717) is 5.75 Å². The van der Waals surface area contributed by atoms with Gasteiger partial charge in [0.1, 0.15) is 11.5 Å². The summed E-state index contributed by atoms with van der Waals surface area (Å²) in [6.07, 6.45) is 0. The molecular weight excluding hydrogens is 284 g/mol. The van der Waals surface area contributed by atoms with E-state index in [-0.39, 0.29) is 0 Å². The molecule has 2 nitrogen and oxygen atoms in total. The number of aromatic hydroxyl groups is 1. The van der Waals surface area contributed by atoms with Crippen molar-refractivity contribution in [2.24, 2.45) is 0 Å². The lowest BCUT2D eigenvalue weighted by Gasteiger charge is -2.24. The first-order chi connectivity index (χ1) is 9.53. The molecule has 0 aliphatic rings. The molecule has 1 N–H and O–H groups in total. The first-order valence-corrected chi connectivity index (χ1v) is 10.8. The maximum atomic E-state index is 9.31. The minimum Gasteiger partial charge on any atom is -0.508 e. The molecule has 0 saturated carbocycles. The Morgan fingerprint density at radius 2 is 1.70 bits per heavy atom. The van der Waals surface area contributed by atoms with Gasteiger partial charge in [-0.3, -0.25) is 0 Å². The van der Waals surface area contributed by atoms with Crippen molar-refractivity contribution in [3.63, 3.8) is 0 Å². The molecule has 0 aliphatic heterocycles. The predicted octanol–water partition coefficient (Wildman–Crippen LogP) is 3.65. The molecule has 0 radical (unpaired) electrons. The fourth-order valence-corrected chi connectivity index (χ4v) is 6.55. The smallest absolute Gasteiger partial charge is 0.118 e. The second-order valence-electron chi connectivity index (χ2n) is 5.37. The van der Waals surface area contributed by atoms with Crippen molar-refractivity contribution in [3.8, 4) is 11.5 Å². The van der Waals surface area contributed by atoms with E-state index in [2.05, 4.69) is 25.2 Å². The highest BCUT2D eigenvalue weighted by atomic mass is 32.2. The SMILES string of the molecule is COc1ccccc1[Si](C)(C)CSc1ccc(O)cc1. The molecule has 0 bridgehead atoms. The molecule has 0 atom stereocenters. The first kappa shape index (κ1) is 15.0. The second-order valence-corrected chi connectivity index (χ2v) is 11.6. The van der Waals surface area contributed by atoms with Crippen molar-refractivity contribution in [2.45, 2.75) is 18.0 Å². The van der Waals surface area contributed by atoms with E-state index >= 15 is 0 Å². The number of rotatable bonds is 5. The molecule has 0 aliphatic carbocycles. The van der Waals surface area contributed by atoms with Gasteiger partial charge in [0.05, 0.1) is 15.2 Å². The van der Waals surface area contributed by atoms with E-state index in [4.69, 9.17) is 4.74 Å². The van der Waals surface area contributed by atoms with Crippen LogP contribution in [0.1, 0.15) is 0 Å². The number of phenolic OH excluding ortho intramolecular Hbond substituents is 1. The zero-order valence-corrected chi connectivity index (χ0v) is 13.9. The first-order valence-electron chi connectivity index (χ1n) is 6.58. The minimum absolute atomic E-state index is 0.315. The highest BCUT2D eigenvalue weighted by Gasteiger charge is 2.26. The Kier molecular flexibility index (Phi) is 4.78. The lowest BCUT2D eigenvalue weighted by Crippen LogP contribution is -2.45. The molecule has 0 fully saturated rings. The summed E-state index contributed by atoms with van der Waals surface area (Å²) >= 11 is 1.85. The van der Waals surface area contributed by atoms with Crippen LogP contribution in [0.15, 0.2) is 53.4 Å². The molecule has 4 heteroatoms. The van der Waals surface area contributed by atoms with E-state index in [1.165, 1.54) is 10.1 Å². The minimum atomic E-state index is -1.57. The van der Waals surface area contributed by atoms with Crippen molar-refractivity contribution in [1.29, 1.82) is 0 Å². The molecule has 2 aromatic rings. The summed E-state index contributed by atoms with van der Waals surface area (Å²) in [5.41, 5.74) is 0. The van der Waals surface area contributed by atoms with E-state index < -0.39 is 8.07 Å². The number of benzene rings is 2. The molecule has 0 amide bonds. The van der Waals surface area contributed by atoms with Crippen LogP contribution in [-0.2, 0) is 0 Å². The van der Waals surface area contributed by atoms with Crippen LogP contribution in [-0.4, -0.2) is 25.7 Å². The largest absolute Gasteiger partial charge is 0.508 e. The Morgan fingerprint density at radius 1 is 1.05 bits per heavy atom. The highest BCUT2D eigenvalue weighted by Crippen LogP contribution is 2.25. The zero-order chi connectivity index (χ0) is 14.6. The topological polar surface area (TPSA) is 29.5 Å². The van der Waals surface area contributed by atoms with E-state index in [9.17, 15) is 5.11 Å². The third kappa shape index (κ3) is 3.58. The Balaban J connectivity index is 2.12. The Hall–Kier alpha value is -1.39. The van der Waals surface area contributed by atoms with E-state index in [1.54, 1.807) is 19.2 Å². The number of thioether (sulfide) groups is 1. The number of phenols is 1. The molecule has 20 heavy (non-hydrogen) atoms. The lowest BCUT2D eigenvalue weighted by atomic mass is 10.3. The Labute approximate surface area is 125 Å². The number of hydrogen-bond acceptors (Lipinski definition) is 3. The number of hydrogen-bond donors (Lipinski definition) is 1. The number of methoxy groups -OCH3 is 1. The van der Waals surface area contributed by atoms with Gasteiger partial charge in [-0.05, 0) is 40.9 Å². The molecule has 0 spiro atoms. The number of para-hydroxylation sites is 1. The quantitative estimate of drug-likeness (QED) is 0.675. The van der Waals surface area contributed by atoms with Gasteiger partial charge in [-0.25, -0.2) is 0 Å². The molecule has 0 aromatic heterocycles. The van der Waals surface area contributed by atoms with Crippen molar-refractivity contribution in [2.75, 3.05) is 12.5 Å².